The Morgan fingerprint density at radius 3 is 2.67 bits per heavy atom. The summed E-state index contributed by atoms with van der Waals surface area (Å²) in [6, 6.07) is 4.96. The standard InChI is InChI=1S/C23H23F3N4O5S/c1-13-3-5-18-19(30(13)22(31)32)7-6-17(15-9-28-29(12-15)11-14(2)36(33)34)21(18)35-20-8-4-16(10-27-20)23(24,25)26/h4,6-10,12-14H,3,5,11H2,1-2H3,(H,31,32)(H,33,34)/p-1/t13-,14?/m0/s1. The van der Waals surface area contributed by atoms with Gasteiger partial charge in [0.15, 0.2) is 0 Å². The molecule has 0 saturated carbocycles. The molecule has 0 bridgehead atoms. The summed E-state index contributed by atoms with van der Waals surface area (Å²) >= 11 is -2.28. The Morgan fingerprint density at radius 2 is 2.06 bits per heavy atom. The summed E-state index contributed by atoms with van der Waals surface area (Å²) in [5, 5.41) is 13.3. The van der Waals surface area contributed by atoms with E-state index >= 15 is 0 Å². The Balaban J connectivity index is 1.79. The molecule has 2 aromatic heterocycles. The van der Waals surface area contributed by atoms with Crippen LogP contribution in [0.25, 0.3) is 11.1 Å². The van der Waals surface area contributed by atoms with Crippen molar-refractivity contribution in [3.05, 3.63) is 54.0 Å². The van der Waals surface area contributed by atoms with Crippen LogP contribution in [0.3, 0.4) is 0 Å². The maximum absolute atomic E-state index is 13.0. The number of halogens is 3. The third kappa shape index (κ3) is 5.21. The Morgan fingerprint density at radius 1 is 1.31 bits per heavy atom. The van der Waals surface area contributed by atoms with Crippen molar-refractivity contribution in [2.45, 2.75) is 50.7 Å². The van der Waals surface area contributed by atoms with Crippen LogP contribution in [0.2, 0.25) is 0 Å². The van der Waals surface area contributed by atoms with Gasteiger partial charge in [-0.05, 0) is 38.0 Å². The summed E-state index contributed by atoms with van der Waals surface area (Å²) < 4.78 is 68.8. The van der Waals surface area contributed by atoms with Crippen molar-refractivity contribution >= 4 is 22.9 Å². The molecule has 0 saturated heterocycles. The molecular weight excluding hydrogens is 501 g/mol. The number of fused-ring (bicyclic) bond motifs is 1. The molecule has 4 rings (SSSR count). The Hall–Kier alpha value is -3.45. The number of benzene rings is 1. The SMILES string of the molecule is CC(Cn1cc(-c2ccc3c(c2Oc2ccc(C(F)(F)F)cn2)CC[C@H](C)N3C(=O)O)cn1)S(=O)[O-]. The number of rotatable bonds is 6. The average molecular weight is 524 g/mol. The second-order valence-electron chi connectivity index (χ2n) is 8.49. The summed E-state index contributed by atoms with van der Waals surface area (Å²) in [6.45, 7) is 3.44. The highest BCUT2D eigenvalue weighted by molar-refractivity contribution is 7.79. The minimum Gasteiger partial charge on any atom is -0.772 e. The second-order valence-corrected chi connectivity index (χ2v) is 9.81. The van der Waals surface area contributed by atoms with E-state index < -0.39 is 34.2 Å². The van der Waals surface area contributed by atoms with E-state index in [0.717, 1.165) is 12.1 Å². The number of ether oxygens (including phenoxy) is 1. The minimum atomic E-state index is -4.56. The minimum absolute atomic E-state index is 0.0964. The molecule has 0 radical (unpaired) electrons. The van der Waals surface area contributed by atoms with E-state index in [2.05, 4.69) is 10.1 Å². The van der Waals surface area contributed by atoms with Gasteiger partial charge in [-0.15, -0.1) is 0 Å². The van der Waals surface area contributed by atoms with Crippen molar-refractivity contribution in [1.82, 2.24) is 14.8 Å². The van der Waals surface area contributed by atoms with Crippen molar-refractivity contribution in [2.75, 3.05) is 4.90 Å². The van der Waals surface area contributed by atoms with Gasteiger partial charge in [-0.3, -0.25) is 13.8 Å². The molecule has 1 N–H and O–H groups in total. The quantitative estimate of drug-likeness (QED) is 0.459. The zero-order valence-corrected chi connectivity index (χ0v) is 20.0. The summed E-state index contributed by atoms with van der Waals surface area (Å²) in [5.41, 5.74) is 1.12. The van der Waals surface area contributed by atoms with Gasteiger partial charge in [0.05, 0.1) is 24.0 Å². The number of carboxylic acid groups (broad SMARTS) is 1. The molecule has 36 heavy (non-hydrogen) atoms. The molecule has 2 unspecified atom stereocenters. The highest BCUT2D eigenvalue weighted by atomic mass is 32.2. The average Bonchev–Trinajstić information content (AvgIpc) is 3.26. The van der Waals surface area contributed by atoms with E-state index in [1.165, 1.54) is 22.7 Å². The van der Waals surface area contributed by atoms with Crippen molar-refractivity contribution in [3.8, 4) is 22.8 Å². The molecule has 13 heteroatoms. The smallest absolute Gasteiger partial charge is 0.417 e. The summed E-state index contributed by atoms with van der Waals surface area (Å²) in [4.78, 5) is 17.0. The monoisotopic (exact) mass is 523 g/mol. The normalized spacial score (nSPS) is 17.4. The van der Waals surface area contributed by atoms with Gasteiger partial charge in [0.1, 0.15) is 5.75 Å². The predicted octanol–water partition coefficient (Wildman–Crippen LogP) is 4.84. The topological polar surface area (TPSA) is 121 Å². The van der Waals surface area contributed by atoms with E-state index in [4.69, 9.17) is 4.74 Å². The molecule has 3 atom stereocenters. The number of hydrogen-bond acceptors (Lipinski definition) is 6. The zero-order chi connectivity index (χ0) is 26.2. The molecule has 1 amide bonds. The first-order valence-electron chi connectivity index (χ1n) is 11.0. The first-order chi connectivity index (χ1) is 17.0. The fourth-order valence-corrected chi connectivity index (χ4v) is 4.35. The van der Waals surface area contributed by atoms with E-state index in [9.17, 15) is 31.8 Å². The number of alkyl halides is 3. The van der Waals surface area contributed by atoms with Crippen molar-refractivity contribution in [1.29, 1.82) is 0 Å². The molecule has 1 aliphatic rings. The maximum atomic E-state index is 13.0. The number of amides is 1. The Kier molecular flexibility index (Phi) is 7.05. The lowest BCUT2D eigenvalue weighted by atomic mass is 9.92. The number of nitrogens with zero attached hydrogens (tertiary/aromatic N) is 4. The maximum Gasteiger partial charge on any atom is 0.417 e. The molecule has 0 fully saturated rings. The first-order valence-corrected chi connectivity index (χ1v) is 12.1. The number of aromatic nitrogens is 3. The lowest BCUT2D eigenvalue weighted by Crippen LogP contribution is -2.41. The van der Waals surface area contributed by atoms with E-state index in [1.807, 2.05) is 0 Å². The molecule has 0 spiro atoms. The van der Waals surface area contributed by atoms with Crippen molar-refractivity contribution in [2.24, 2.45) is 0 Å². The van der Waals surface area contributed by atoms with E-state index in [0.29, 0.717) is 41.4 Å². The van der Waals surface area contributed by atoms with Gasteiger partial charge in [-0.2, -0.15) is 18.3 Å². The molecule has 1 aromatic carbocycles. The Labute approximate surface area is 206 Å². The molecule has 1 aliphatic heterocycles. The van der Waals surface area contributed by atoms with E-state index in [-0.39, 0.29) is 24.2 Å². The summed E-state index contributed by atoms with van der Waals surface area (Å²) in [7, 11) is 0. The van der Waals surface area contributed by atoms with Crippen LogP contribution in [0.1, 0.15) is 31.4 Å². The summed E-state index contributed by atoms with van der Waals surface area (Å²) in [6.07, 6.45) is -0.926. The first kappa shape index (κ1) is 25.6. The third-order valence-electron chi connectivity index (χ3n) is 5.94. The lowest BCUT2D eigenvalue weighted by Gasteiger charge is -2.34. The van der Waals surface area contributed by atoms with Gasteiger partial charge in [0.25, 0.3) is 0 Å². The van der Waals surface area contributed by atoms with E-state index in [1.54, 1.807) is 25.3 Å². The highest BCUT2D eigenvalue weighted by Gasteiger charge is 2.33. The second kappa shape index (κ2) is 9.90. The number of pyridine rings is 1. The van der Waals surface area contributed by atoms with Crippen LogP contribution in [0, 0.1) is 0 Å². The zero-order valence-electron chi connectivity index (χ0n) is 19.2. The van der Waals surface area contributed by atoms with Crippen molar-refractivity contribution < 1.29 is 36.6 Å². The molecule has 0 aliphatic carbocycles. The van der Waals surface area contributed by atoms with Crippen LogP contribution in [0.5, 0.6) is 11.6 Å². The van der Waals surface area contributed by atoms with Crippen LogP contribution in [-0.2, 0) is 30.2 Å². The molecule has 9 nitrogen and oxygen atoms in total. The Bertz CT molecular complexity index is 1300. The number of hydrogen-bond donors (Lipinski definition) is 1. The van der Waals surface area contributed by atoms with Gasteiger partial charge in [0.2, 0.25) is 5.88 Å². The van der Waals surface area contributed by atoms with Gasteiger partial charge < -0.3 is 14.4 Å². The highest BCUT2D eigenvalue weighted by Crippen LogP contribution is 2.44. The number of carbonyl (C=O) groups is 1. The van der Waals surface area contributed by atoms with Crippen LogP contribution in [-0.4, -0.2) is 46.0 Å². The van der Waals surface area contributed by atoms with Crippen LogP contribution in [0.4, 0.5) is 23.7 Å². The van der Waals surface area contributed by atoms with Gasteiger partial charge in [-0.1, -0.05) is 18.0 Å². The van der Waals surface area contributed by atoms with Crippen LogP contribution >= 0.6 is 0 Å². The molecule has 192 valence electrons. The fraction of sp³-hybridized carbons (Fsp3) is 0.348. The van der Waals surface area contributed by atoms with Gasteiger partial charge in [0, 0.05) is 46.4 Å². The molecule has 3 heterocycles. The van der Waals surface area contributed by atoms with Crippen LogP contribution < -0.4 is 9.64 Å². The summed E-state index contributed by atoms with van der Waals surface area (Å²) in [5.74, 6) is 0.152. The third-order valence-corrected chi connectivity index (χ3v) is 6.75. The van der Waals surface area contributed by atoms with Gasteiger partial charge in [-0.25, -0.2) is 9.78 Å². The largest absolute Gasteiger partial charge is 0.772 e. The molecular formula is C23H22F3N4O5S-. The number of anilines is 1. The molecule has 3 aromatic rings. The van der Waals surface area contributed by atoms with Crippen molar-refractivity contribution in [3.63, 3.8) is 0 Å². The predicted molar refractivity (Wildman–Crippen MR) is 124 cm³/mol. The van der Waals surface area contributed by atoms with Crippen LogP contribution in [0.15, 0.2) is 42.9 Å². The lowest BCUT2D eigenvalue weighted by molar-refractivity contribution is -0.137. The van der Waals surface area contributed by atoms with Gasteiger partial charge >= 0.3 is 12.3 Å². The fourth-order valence-electron chi connectivity index (χ4n) is 4.08.